The van der Waals surface area contributed by atoms with Gasteiger partial charge in [0.25, 0.3) is 0 Å². The van der Waals surface area contributed by atoms with Crippen LogP contribution in [0.5, 0.6) is 0 Å². The summed E-state index contributed by atoms with van der Waals surface area (Å²) in [4.78, 5) is 12.2. The zero-order valence-electron chi connectivity index (χ0n) is 56.6. The van der Waals surface area contributed by atoms with Crippen LogP contribution < -0.4 is 0 Å². The van der Waals surface area contributed by atoms with E-state index in [-0.39, 0.29) is 5.97 Å². The van der Waals surface area contributed by atoms with E-state index in [1.165, 1.54) is 424 Å². The van der Waals surface area contributed by atoms with Crippen molar-refractivity contribution in [2.75, 3.05) is 6.61 Å². The van der Waals surface area contributed by atoms with Gasteiger partial charge in [0.1, 0.15) is 0 Å². The first kappa shape index (κ1) is 79.2. The number of rotatable bonds is 71. The monoisotopic (exact) mass is 1120 g/mol. The lowest BCUT2D eigenvalue weighted by Crippen LogP contribution is -2.15. The second-order valence-corrected chi connectivity index (χ2v) is 28.1. The van der Waals surface area contributed by atoms with E-state index in [1.807, 2.05) is 0 Å². The summed E-state index contributed by atoms with van der Waals surface area (Å²) in [6.45, 7) is 15.6. The van der Waals surface area contributed by atoms with Gasteiger partial charge in [0.15, 0.2) is 0 Å². The van der Waals surface area contributed by atoms with E-state index in [2.05, 4.69) is 34.3 Å². The van der Waals surface area contributed by atoms with Crippen LogP contribution in [0.3, 0.4) is 0 Å². The number of carbonyl (C=O) groups is 1. The number of hydrogen-bond donors (Lipinski definition) is 0. The molecule has 0 radical (unpaired) electrons. The Morgan fingerprint density at radius 2 is 0.362 bits per heavy atom. The molecule has 1 atom stereocenters. The molecule has 2 heteroatoms. The van der Waals surface area contributed by atoms with Crippen LogP contribution in [0.25, 0.3) is 0 Å². The lowest BCUT2D eigenvalue weighted by atomic mass is 9.94. The van der Waals surface area contributed by atoms with Gasteiger partial charge in [0.05, 0.1) is 6.61 Å². The number of ether oxygens (including phenoxy) is 1. The summed E-state index contributed by atoms with van der Waals surface area (Å²) in [6, 6.07) is 0. The smallest absolute Gasteiger partial charge is 0.333 e. The van der Waals surface area contributed by atoms with Crippen molar-refractivity contribution in [1.29, 1.82) is 0 Å². The molecule has 0 N–H and O–H groups in total. The normalized spacial score (nSPS) is 12.2. The van der Waals surface area contributed by atoms with Gasteiger partial charge in [-0.15, -0.1) is 0 Å². The largest absolute Gasteiger partial charge is 0.462 e. The highest BCUT2D eigenvalue weighted by atomic mass is 16.5. The Bertz CT molecular complexity index is 1150. The van der Waals surface area contributed by atoms with Crippen molar-refractivity contribution in [2.24, 2.45) is 17.8 Å². The van der Waals surface area contributed by atoms with Crippen LogP contribution in [0.4, 0.5) is 0 Å². The standard InChI is InChI=1S/C78H154O2/c1-74(2)69-65-61-57-53-49-45-41-37-33-29-25-21-17-13-9-7-8-10-15-19-23-27-31-35-39-43-47-51-55-59-63-67-71-77(73-80-78(79)76(5)6)72-68-64-60-56-52-48-44-40-36-32-28-24-20-16-12-11-14-18-22-26-30-34-38-42-46-50-54-58-62-66-70-75(3)4/h74-75,77H,5,7-73H2,1-4,6H3. The van der Waals surface area contributed by atoms with Gasteiger partial charge in [0.2, 0.25) is 0 Å². The number of hydrogen-bond acceptors (Lipinski definition) is 2. The molecule has 0 spiro atoms. The van der Waals surface area contributed by atoms with Crippen molar-refractivity contribution in [3.63, 3.8) is 0 Å². The van der Waals surface area contributed by atoms with Crippen molar-refractivity contribution in [1.82, 2.24) is 0 Å². The van der Waals surface area contributed by atoms with E-state index in [1.54, 1.807) is 6.92 Å². The molecule has 1 unspecified atom stereocenters. The third-order valence-electron chi connectivity index (χ3n) is 18.6. The van der Waals surface area contributed by atoms with Crippen LogP contribution in [-0.4, -0.2) is 12.6 Å². The van der Waals surface area contributed by atoms with Crippen LogP contribution in [0.2, 0.25) is 0 Å². The quantitative estimate of drug-likeness (QED) is 0.0345. The Morgan fingerprint density at radius 1 is 0.237 bits per heavy atom. The summed E-state index contributed by atoms with van der Waals surface area (Å²) in [5.74, 6) is 2.09. The minimum absolute atomic E-state index is 0.206. The van der Waals surface area contributed by atoms with Crippen molar-refractivity contribution in [3.8, 4) is 0 Å². The summed E-state index contributed by atoms with van der Waals surface area (Å²) < 4.78 is 5.67. The maximum Gasteiger partial charge on any atom is 0.333 e. The molecule has 80 heavy (non-hydrogen) atoms. The van der Waals surface area contributed by atoms with Crippen molar-refractivity contribution in [3.05, 3.63) is 12.2 Å². The molecule has 0 heterocycles. The number of unbranched alkanes of at least 4 members (excludes halogenated alkanes) is 60. The molecular weight excluding hydrogens is 969 g/mol. The third-order valence-corrected chi connectivity index (χ3v) is 18.6. The summed E-state index contributed by atoms with van der Waals surface area (Å²) >= 11 is 0. The Labute approximate surface area is 507 Å². The van der Waals surface area contributed by atoms with Crippen LogP contribution in [0.15, 0.2) is 12.2 Å². The second-order valence-electron chi connectivity index (χ2n) is 28.1. The molecule has 0 saturated carbocycles. The van der Waals surface area contributed by atoms with Gasteiger partial charge in [0, 0.05) is 5.57 Å². The van der Waals surface area contributed by atoms with Crippen LogP contribution in [-0.2, 0) is 9.53 Å². The molecule has 0 aliphatic rings. The summed E-state index contributed by atoms with van der Waals surface area (Å²) in [6.07, 6.45) is 95.3. The number of carbonyl (C=O) groups excluding carboxylic acids is 1. The van der Waals surface area contributed by atoms with Gasteiger partial charge in [-0.1, -0.05) is 445 Å². The van der Waals surface area contributed by atoms with Crippen LogP contribution in [0, 0.1) is 17.8 Å². The van der Waals surface area contributed by atoms with E-state index in [0.717, 1.165) is 11.8 Å². The molecule has 0 aromatic carbocycles. The first-order valence-corrected chi connectivity index (χ1v) is 38.2. The molecule has 478 valence electrons. The fourth-order valence-electron chi connectivity index (χ4n) is 12.9. The predicted octanol–water partition coefficient (Wildman–Crippen LogP) is 28.8. The van der Waals surface area contributed by atoms with Gasteiger partial charge >= 0.3 is 5.97 Å². The first-order chi connectivity index (χ1) is 39.3. The van der Waals surface area contributed by atoms with Crippen LogP contribution in [0.1, 0.15) is 458 Å². The van der Waals surface area contributed by atoms with E-state index in [4.69, 9.17) is 4.74 Å². The Kier molecular flexibility index (Phi) is 68.3. The zero-order valence-corrected chi connectivity index (χ0v) is 56.6. The molecule has 0 bridgehead atoms. The lowest BCUT2D eigenvalue weighted by Gasteiger charge is -2.17. The molecule has 0 aliphatic carbocycles. The molecule has 0 saturated heterocycles. The summed E-state index contributed by atoms with van der Waals surface area (Å²) in [7, 11) is 0. The van der Waals surface area contributed by atoms with Gasteiger partial charge in [-0.05, 0) is 37.5 Å². The molecule has 0 amide bonds. The highest BCUT2D eigenvalue weighted by Gasteiger charge is 2.13. The second kappa shape index (κ2) is 69.0. The number of esters is 1. The van der Waals surface area contributed by atoms with Crippen molar-refractivity contribution in [2.45, 2.75) is 458 Å². The molecule has 0 aliphatic heterocycles. The Balaban J connectivity index is 3.50. The minimum Gasteiger partial charge on any atom is -0.462 e. The van der Waals surface area contributed by atoms with E-state index >= 15 is 0 Å². The molecular formula is C78H154O2. The Hall–Kier alpha value is -0.790. The zero-order chi connectivity index (χ0) is 58.0. The van der Waals surface area contributed by atoms with Gasteiger partial charge in [-0.3, -0.25) is 0 Å². The third kappa shape index (κ3) is 69.7. The molecule has 0 aromatic rings. The topological polar surface area (TPSA) is 26.3 Å². The molecule has 0 fully saturated rings. The fourth-order valence-corrected chi connectivity index (χ4v) is 12.9. The highest BCUT2D eigenvalue weighted by molar-refractivity contribution is 5.86. The predicted molar refractivity (Wildman–Crippen MR) is 364 cm³/mol. The average molecular weight is 1120 g/mol. The maximum atomic E-state index is 12.2. The fraction of sp³-hybridized carbons (Fsp3) is 0.962. The first-order valence-electron chi connectivity index (χ1n) is 38.2. The molecule has 2 nitrogen and oxygen atoms in total. The van der Waals surface area contributed by atoms with Crippen molar-refractivity contribution < 1.29 is 9.53 Å². The molecule has 0 rings (SSSR count). The lowest BCUT2D eigenvalue weighted by molar-refractivity contribution is -0.140. The maximum absolute atomic E-state index is 12.2. The van der Waals surface area contributed by atoms with Gasteiger partial charge in [-0.2, -0.15) is 0 Å². The van der Waals surface area contributed by atoms with E-state index in [9.17, 15) is 4.79 Å². The minimum atomic E-state index is -0.206. The summed E-state index contributed by atoms with van der Waals surface area (Å²) in [5.41, 5.74) is 0.529. The molecule has 0 aromatic heterocycles. The van der Waals surface area contributed by atoms with E-state index in [0.29, 0.717) is 18.1 Å². The highest BCUT2D eigenvalue weighted by Crippen LogP contribution is 2.23. The van der Waals surface area contributed by atoms with Crippen LogP contribution >= 0.6 is 0 Å². The Morgan fingerprint density at radius 3 is 0.487 bits per heavy atom. The van der Waals surface area contributed by atoms with E-state index < -0.39 is 0 Å². The SMILES string of the molecule is C=C(C)C(=O)OCC(CCCCCCCCCCCCCCCCCCCCCCCCCCCCCCCCCCC(C)C)CCCCCCCCCCCCCCCCCCCCCCCCCCCCCCCCC(C)C. The van der Waals surface area contributed by atoms with Gasteiger partial charge < -0.3 is 4.74 Å². The van der Waals surface area contributed by atoms with Gasteiger partial charge in [-0.25, -0.2) is 4.79 Å². The average Bonchev–Trinajstić information content (AvgIpc) is 3.44. The van der Waals surface area contributed by atoms with Crippen molar-refractivity contribution >= 4 is 5.97 Å². The summed E-state index contributed by atoms with van der Waals surface area (Å²) in [5, 5.41) is 0.